The first-order valence-corrected chi connectivity index (χ1v) is 7.08. The van der Waals surface area contributed by atoms with Gasteiger partial charge in [-0.25, -0.2) is 0 Å². The molecule has 112 valence electrons. The summed E-state index contributed by atoms with van der Waals surface area (Å²) in [5.41, 5.74) is 9.21. The van der Waals surface area contributed by atoms with Crippen LogP contribution in [0, 0.1) is 13.8 Å². The summed E-state index contributed by atoms with van der Waals surface area (Å²) in [6, 6.07) is 3.02. The first kappa shape index (κ1) is 15.7. The van der Waals surface area contributed by atoms with Gasteiger partial charge >= 0.3 is 0 Å². The van der Waals surface area contributed by atoms with Gasteiger partial charge in [0.1, 0.15) is 0 Å². The van der Waals surface area contributed by atoms with Crippen molar-refractivity contribution >= 4 is 34.8 Å². The van der Waals surface area contributed by atoms with E-state index in [1.165, 1.54) is 12.1 Å². The molecule has 0 saturated carbocycles. The number of aromatic nitrogens is 2. The number of aryl methyl sites for hydroxylation is 2. The lowest BCUT2D eigenvalue weighted by atomic mass is 10.1. The van der Waals surface area contributed by atoms with Crippen molar-refractivity contribution < 1.29 is 4.79 Å². The van der Waals surface area contributed by atoms with E-state index >= 15 is 0 Å². The summed E-state index contributed by atoms with van der Waals surface area (Å²) < 4.78 is 1.78. The molecule has 0 bridgehead atoms. The zero-order valence-corrected chi connectivity index (χ0v) is 13.5. The van der Waals surface area contributed by atoms with Crippen LogP contribution in [0.25, 0.3) is 0 Å². The van der Waals surface area contributed by atoms with Gasteiger partial charge in [0.05, 0.1) is 21.3 Å². The van der Waals surface area contributed by atoms with Crippen molar-refractivity contribution in [2.24, 2.45) is 7.05 Å². The van der Waals surface area contributed by atoms with E-state index in [-0.39, 0.29) is 21.5 Å². The molecular weight excluding hydrogens is 311 g/mol. The first-order valence-electron chi connectivity index (χ1n) is 6.33. The molecule has 0 aliphatic heterocycles. The molecule has 1 aromatic carbocycles. The van der Waals surface area contributed by atoms with Crippen LogP contribution in [0.1, 0.15) is 27.3 Å². The molecule has 0 atom stereocenters. The van der Waals surface area contributed by atoms with Crippen molar-refractivity contribution in [3.63, 3.8) is 0 Å². The average Bonchev–Trinajstić information content (AvgIpc) is 2.65. The lowest BCUT2D eigenvalue weighted by Crippen LogP contribution is -2.24. The third kappa shape index (κ3) is 3.14. The van der Waals surface area contributed by atoms with Gasteiger partial charge in [0.15, 0.2) is 0 Å². The van der Waals surface area contributed by atoms with E-state index in [0.29, 0.717) is 12.2 Å². The molecule has 1 amide bonds. The van der Waals surface area contributed by atoms with Crippen LogP contribution >= 0.6 is 23.2 Å². The number of nitrogen functional groups attached to an aromatic ring is 1. The van der Waals surface area contributed by atoms with Crippen molar-refractivity contribution in [3.8, 4) is 0 Å². The Morgan fingerprint density at radius 3 is 2.62 bits per heavy atom. The van der Waals surface area contributed by atoms with Crippen LogP contribution in [0.4, 0.5) is 5.69 Å². The number of rotatable bonds is 3. The van der Waals surface area contributed by atoms with E-state index in [9.17, 15) is 4.79 Å². The molecule has 0 radical (unpaired) electrons. The SMILES string of the molecule is Cc1nn(C)c(C)c1CNC(=O)c1cc(N)cc(Cl)c1Cl. The van der Waals surface area contributed by atoms with Gasteiger partial charge in [0.2, 0.25) is 0 Å². The number of hydrogen-bond acceptors (Lipinski definition) is 3. The van der Waals surface area contributed by atoms with Crippen LogP contribution in [0.2, 0.25) is 10.0 Å². The molecule has 21 heavy (non-hydrogen) atoms. The second-order valence-corrected chi connectivity index (χ2v) is 5.61. The average molecular weight is 327 g/mol. The molecule has 1 aromatic heterocycles. The highest BCUT2D eigenvalue weighted by Gasteiger charge is 2.16. The van der Waals surface area contributed by atoms with E-state index in [4.69, 9.17) is 28.9 Å². The van der Waals surface area contributed by atoms with Gasteiger partial charge in [-0.05, 0) is 26.0 Å². The maximum atomic E-state index is 12.2. The zero-order valence-electron chi connectivity index (χ0n) is 12.0. The largest absolute Gasteiger partial charge is 0.399 e. The number of benzene rings is 1. The summed E-state index contributed by atoms with van der Waals surface area (Å²) in [5.74, 6) is -0.322. The third-order valence-electron chi connectivity index (χ3n) is 3.38. The number of amides is 1. The van der Waals surface area contributed by atoms with Crippen LogP contribution < -0.4 is 11.1 Å². The fourth-order valence-electron chi connectivity index (χ4n) is 2.11. The molecule has 5 nitrogen and oxygen atoms in total. The zero-order chi connectivity index (χ0) is 15.7. The normalized spacial score (nSPS) is 10.7. The van der Waals surface area contributed by atoms with Gasteiger partial charge < -0.3 is 11.1 Å². The minimum Gasteiger partial charge on any atom is -0.399 e. The smallest absolute Gasteiger partial charge is 0.253 e. The Bertz CT molecular complexity index is 709. The standard InChI is InChI=1S/C14H16Cl2N4O/c1-7-11(8(2)20(3)19-7)6-18-14(21)10-4-9(17)5-12(15)13(10)16/h4-5H,6,17H2,1-3H3,(H,18,21). The third-order valence-corrected chi connectivity index (χ3v) is 4.18. The number of nitrogens with two attached hydrogens (primary N) is 1. The summed E-state index contributed by atoms with van der Waals surface area (Å²) in [4.78, 5) is 12.2. The van der Waals surface area contributed by atoms with Crippen molar-refractivity contribution in [2.75, 3.05) is 5.73 Å². The Morgan fingerprint density at radius 2 is 2.05 bits per heavy atom. The van der Waals surface area contributed by atoms with Crippen LogP contribution in [0.15, 0.2) is 12.1 Å². The summed E-state index contributed by atoms with van der Waals surface area (Å²) in [6.45, 7) is 4.22. The number of halogens is 2. The highest BCUT2D eigenvalue weighted by molar-refractivity contribution is 6.44. The van der Waals surface area contributed by atoms with Crippen molar-refractivity contribution in [2.45, 2.75) is 20.4 Å². The summed E-state index contributed by atoms with van der Waals surface area (Å²) in [6.07, 6.45) is 0. The maximum Gasteiger partial charge on any atom is 0.253 e. The van der Waals surface area contributed by atoms with Gasteiger partial charge in [-0.1, -0.05) is 23.2 Å². The molecule has 2 aromatic rings. The Labute approximate surface area is 133 Å². The quantitative estimate of drug-likeness (QED) is 0.852. The lowest BCUT2D eigenvalue weighted by Gasteiger charge is -2.09. The molecule has 0 aliphatic rings. The number of nitrogens with one attached hydrogen (secondary N) is 1. The van der Waals surface area contributed by atoms with E-state index in [1.807, 2.05) is 20.9 Å². The summed E-state index contributed by atoms with van der Waals surface area (Å²) in [5, 5.41) is 7.58. The van der Waals surface area contributed by atoms with E-state index in [2.05, 4.69) is 10.4 Å². The monoisotopic (exact) mass is 326 g/mol. The van der Waals surface area contributed by atoms with Crippen molar-refractivity contribution in [1.29, 1.82) is 0 Å². The topological polar surface area (TPSA) is 72.9 Å². The van der Waals surface area contributed by atoms with E-state index in [1.54, 1.807) is 4.68 Å². The van der Waals surface area contributed by atoms with Crippen LogP contribution in [0.5, 0.6) is 0 Å². The molecular formula is C14H16Cl2N4O. The number of nitrogens with zero attached hydrogens (tertiary/aromatic N) is 2. The van der Waals surface area contributed by atoms with E-state index in [0.717, 1.165) is 17.0 Å². The molecule has 0 spiro atoms. The second kappa shape index (κ2) is 5.95. The minimum atomic E-state index is -0.322. The molecule has 0 saturated heterocycles. The first-order chi connectivity index (χ1) is 9.81. The molecule has 0 unspecified atom stereocenters. The molecule has 0 aliphatic carbocycles. The second-order valence-electron chi connectivity index (χ2n) is 4.82. The fourth-order valence-corrected chi connectivity index (χ4v) is 2.54. The Morgan fingerprint density at radius 1 is 1.38 bits per heavy atom. The van der Waals surface area contributed by atoms with Gasteiger partial charge in [-0.2, -0.15) is 5.10 Å². The Kier molecular flexibility index (Phi) is 4.44. The van der Waals surface area contributed by atoms with Gasteiger partial charge in [-0.15, -0.1) is 0 Å². The van der Waals surface area contributed by atoms with Crippen LogP contribution in [-0.4, -0.2) is 15.7 Å². The van der Waals surface area contributed by atoms with Crippen LogP contribution in [-0.2, 0) is 13.6 Å². The van der Waals surface area contributed by atoms with Gasteiger partial charge in [-0.3, -0.25) is 9.48 Å². The van der Waals surface area contributed by atoms with E-state index < -0.39 is 0 Å². The maximum absolute atomic E-state index is 12.2. The summed E-state index contributed by atoms with van der Waals surface area (Å²) >= 11 is 12.0. The number of carbonyl (C=O) groups excluding carboxylic acids is 1. The van der Waals surface area contributed by atoms with Gasteiger partial charge in [0.25, 0.3) is 5.91 Å². The molecule has 3 N–H and O–H groups in total. The van der Waals surface area contributed by atoms with Crippen molar-refractivity contribution in [1.82, 2.24) is 15.1 Å². The molecule has 0 fully saturated rings. The Balaban J connectivity index is 2.19. The molecule has 7 heteroatoms. The number of carbonyl (C=O) groups is 1. The lowest BCUT2D eigenvalue weighted by molar-refractivity contribution is 0.0951. The predicted molar refractivity (Wildman–Crippen MR) is 84.7 cm³/mol. The minimum absolute atomic E-state index is 0.197. The number of anilines is 1. The fraction of sp³-hybridized carbons (Fsp3) is 0.286. The predicted octanol–water partition coefficient (Wildman–Crippen LogP) is 2.86. The molecule has 2 rings (SSSR count). The van der Waals surface area contributed by atoms with Gasteiger partial charge in [0, 0.05) is 30.5 Å². The molecule has 1 heterocycles. The number of hydrogen-bond donors (Lipinski definition) is 2. The summed E-state index contributed by atoms with van der Waals surface area (Å²) in [7, 11) is 1.86. The van der Waals surface area contributed by atoms with Crippen LogP contribution in [0.3, 0.4) is 0 Å². The Hall–Kier alpha value is -1.72. The highest BCUT2D eigenvalue weighted by atomic mass is 35.5. The van der Waals surface area contributed by atoms with Crippen molar-refractivity contribution in [3.05, 3.63) is 44.7 Å². The highest BCUT2D eigenvalue weighted by Crippen LogP contribution is 2.28.